The summed E-state index contributed by atoms with van der Waals surface area (Å²) in [6.07, 6.45) is 7.15. The van der Waals surface area contributed by atoms with Crippen LogP contribution < -0.4 is 10.4 Å². The first-order chi connectivity index (χ1) is 8.42. The largest absolute Gasteiger partial charge is 0.126 e. The lowest BCUT2D eigenvalue weighted by Crippen LogP contribution is -2.40. The van der Waals surface area contributed by atoms with Gasteiger partial charge in [0.15, 0.2) is 0 Å². The van der Waals surface area contributed by atoms with Gasteiger partial charge in [0.1, 0.15) is 8.80 Å². The van der Waals surface area contributed by atoms with E-state index in [9.17, 15) is 0 Å². The van der Waals surface area contributed by atoms with Gasteiger partial charge in [0.25, 0.3) is 0 Å². The molecule has 0 nitrogen and oxygen atoms in total. The molecule has 0 N–H and O–H groups in total. The molecule has 0 spiro atoms. The fraction of sp³-hybridized carbons (Fsp3) is 0. The summed E-state index contributed by atoms with van der Waals surface area (Å²) in [5, 5.41) is 2.79. The van der Waals surface area contributed by atoms with Gasteiger partial charge in [-0.3, -0.25) is 0 Å². The molecule has 0 aliphatic rings. The minimum Gasteiger partial charge on any atom is -0.115 e. The summed E-state index contributed by atoms with van der Waals surface area (Å²) < 4.78 is 0. The van der Waals surface area contributed by atoms with Crippen LogP contribution in [0.3, 0.4) is 0 Å². The van der Waals surface area contributed by atoms with E-state index >= 15 is 0 Å². The average molecular weight is 234 g/mol. The lowest BCUT2D eigenvalue weighted by molar-refractivity contribution is 1.73. The number of benzene rings is 2. The molecule has 82 valence electrons. The highest BCUT2D eigenvalue weighted by Crippen LogP contribution is 1.94. The van der Waals surface area contributed by atoms with Crippen LogP contribution in [0.4, 0.5) is 0 Å². The molecule has 0 unspecified atom stereocenters. The van der Waals surface area contributed by atoms with Crippen molar-refractivity contribution in [1.82, 2.24) is 0 Å². The van der Waals surface area contributed by atoms with Crippen LogP contribution in [0.2, 0.25) is 0 Å². The second-order valence-corrected chi connectivity index (χ2v) is 6.50. The Hall–Kier alpha value is -2.04. The highest BCUT2D eigenvalue weighted by molar-refractivity contribution is 6.89. The molecule has 0 fully saturated rings. The number of allylic oxidation sites excluding steroid dienone is 1. The van der Waals surface area contributed by atoms with Gasteiger partial charge in [0.05, 0.1) is 0 Å². The third kappa shape index (κ3) is 2.96. The zero-order valence-electron chi connectivity index (χ0n) is 9.58. The van der Waals surface area contributed by atoms with Gasteiger partial charge in [-0.25, -0.2) is 0 Å². The summed E-state index contributed by atoms with van der Waals surface area (Å²) in [6, 6.07) is 21.2. The minimum atomic E-state index is -1.29. The molecule has 0 aliphatic carbocycles. The Labute approximate surface area is 104 Å². The van der Waals surface area contributed by atoms with Crippen LogP contribution in [0.25, 0.3) is 0 Å². The number of terminal acetylenes is 1. The Kier molecular flexibility index (Phi) is 3.96. The van der Waals surface area contributed by atoms with Gasteiger partial charge in [-0.2, -0.15) is 0 Å². The molecule has 0 heterocycles. The summed E-state index contributed by atoms with van der Waals surface area (Å²) in [5.74, 6) is 2.59. The second kappa shape index (κ2) is 5.88. The van der Waals surface area contributed by atoms with Crippen molar-refractivity contribution in [2.45, 2.75) is 0 Å². The van der Waals surface area contributed by atoms with E-state index in [4.69, 9.17) is 6.42 Å². The van der Waals surface area contributed by atoms with Crippen LogP contribution in [0, 0.1) is 12.3 Å². The second-order valence-electron chi connectivity index (χ2n) is 3.82. The summed E-state index contributed by atoms with van der Waals surface area (Å²) >= 11 is 0. The Morgan fingerprint density at radius 1 is 0.824 bits per heavy atom. The van der Waals surface area contributed by atoms with Crippen molar-refractivity contribution in [2.75, 3.05) is 0 Å². The van der Waals surface area contributed by atoms with E-state index < -0.39 is 8.80 Å². The van der Waals surface area contributed by atoms with Crippen molar-refractivity contribution in [3.63, 3.8) is 0 Å². The van der Waals surface area contributed by atoms with Crippen molar-refractivity contribution >= 4 is 19.2 Å². The first kappa shape index (κ1) is 11.4. The first-order valence-electron chi connectivity index (χ1n) is 5.64. The fourth-order valence-electron chi connectivity index (χ4n) is 1.89. The molecule has 0 aromatic heterocycles. The molecule has 0 bridgehead atoms. The molecule has 2 aromatic rings. The maximum Gasteiger partial charge on any atom is 0.126 e. The van der Waals surface area contributed by atoms with Crippen LogP contribution in [0.15, 0.2) is 72.4 Å². The maximum atomic E-state index is 5.32. The third-order valence-corrected chi connectivity index (χ3v) is 5.49. The summed E-state index contributed by atoms with van der Waals surface area (Å²) in [4.78, 5) is 0. The van der Waals surface area contributed by atoms with E-state index in [1.807, 2.05) is 18.2 Å². The molecule has 2 rings (SSSR count). The quantitative estimate of drug-likeness (QED) is 0.561. The smallest absolute Gasteiger partial charge is 0.115 e. The monoisotopic (exact) mass is 234 g/mol. The fourth-order valence-corrected chi connectivity index (χ4v) is 4.29. The Morgan fingerprint density at radius 2 is 1.29 bits per heavy atom. The van der Waals surface area contributed by atoms with E-state index in [1.165, 1.54) is 10.4 Å². The van der Waals surface area contributed by atoms with E-state index in [0.29, 0.717) is 0 Å². The highest BCUT2D eigenvalue weighted by Gasteiger charge is 2.11. The summed E-state index contributed by atoms with van der Waals surface area (Å²) in [6.45, 7) is 0. The van der Waals surface area contributed by atoms with Crippen molar-refractivity contribution < 1.29 is 0 Å². The zero-order valence-corrected chi connectivity index (χ0v) is 10.7. The van der Waals surface area contributed by atoms with E-state index in [2.05, 4.69) is 60.2 Å². The zero-order chi connectivity index (χ0) is 11.9. The Bertz CT molecular complexity index is 481. The van der Waals surface area contributed by atoms with Gasteiger partial charge < -0.3 is 0 Å². The Balaban J connectivity index is 2.40. The molecule has 0 aliphatic heterocycles. The number of hydrogen-bond donors (Lipinski definition) is 0. The van der Waals surface area contributed by atoms with Crippen molar-refractivity contribution in [3.8, 4) is 12.3 Å². The standard InChI is InChI=1S/C16H14Si/c1-2-3-14-17(15-10-6-4-7-11-15)16-12-8-5-9-13-16/h1,3-14,17H. The normalized spacial score (nSPS) is 10.6. The molecule has 17 heavy (non-hydrogen) atoms. The van der Waals surface area contributed by atoms with Crippen molar-refractivity contribution in [1.29, 1.82) is 0 Å². The molecule has 1 heteroatoms. The van der Waals surface area contributed by atoms with Crippen molar-refractivity contribution in [3.05, 3.63) is 72.4 Å². The molecule has 0 atom stereocenters. The lowest BCUT2D eigenvalue weighted by atomic mass is 10.4. The maximum absolute atomic E-state index is 5.32. The van der Waals surface area contributed by atoms with Crippen LogP contribution in [0.5, 0.6) is 0 Å². The number of rotatable bonds is 3. The lowest BCUT2D eigenvalue weighted by Gasteiger charge is -2.11. The predicted molar refractivity (Wildman–Crippen MR) is 77.3 cm³/mol. The molecular weight excluding hydrogens is 220 g/mol. The van der Waals surface area contributed by atoms with Gasteiger partial charge >= 0.3 is 0 Å². The van der Waals surface area contributed by atoms with Crippen molar-refractivity contribution in [2.24, 2.45) is 0 Å². The van der Waals surface area contributed by atoms with E-state index in [0.717, 1.165) is 0 Å². The minimum absolute atomic E-state index is 1.29. The van der Waals surface area contributed by atoms with Crippen LogP contribution in [-0.4, -0.2) is 8.80 Å². The molecule has 0 amide bonds. The molecular formula is C16H14Si. The number of hydrogen-bond acceptors (Lipinski definition) is 0. The summed E-state index contributed by atoms with van der Waals surface area (Å²) in [5.41, 5.74) is 2.20. The molecule has 2 aromatic carbocycles. The first-order valence-corrected chi connectivity index (χ1v) is 7.46. The van der Waals surface area contributed by atoms with Gasteiger partial charge in [-0.05, 0) is 6.08 Å². The molecule has 0 saturated heterocycles. The SMILES string of the molecule is C#CC=C[SiH](c1ccccc1)c1ccccc1. The van der Waals surface area contributed by atoms with Crippen LogP contribution in [0.1, 0.15) is 0 Å². The van der Waals surface area contributed by atoms with E-state index in [1.54, 1.807) is 0 Å². The summed E-state index contributed by atoms with van der Waals surface area (Å²) in [7, 11) is -1.29. The van der Waals surface area contributed by atoms with Crippen LogP contribution >= 0.6 is 0 Å². The van der Waals surface area contributed by atoms with Gasteiger partial charge in [-0.15, -0.1) is 6.42 Å². The molecule has 0 saturated carbocycles. The molecule has 0 radical (unpaired) electrons. The van der Waals surface area contributed by atoms with Gasteiger partial charge in [-0.1, -0.05) is 82.7 Å². The van der Waals surface area contributed by atoms with Gasteiger partial charge in [0, 0.05) is 0 Å². The average Bonchev–Trinajstić information content (AvgIpc) is 2.42. The van der Waals surface area contributed by atoms with Gasteiger partial charge in [0.2, 0.25) is 0 Å². The highest BCUT2D eigenvalue weighted by atomic mass is 28.3. The topological polar surface area (TPSA) is 0 Å². The van der Waals surface area contributed by atoms with Crippen LogP contribution in [-0.2, 0) is 0 Å². The third-order valence-electron chi connectivity index (χ3n) is 2.70. The van der Waals surface area contributed by atoms with E-state index in [-0.39, 0.29) is 0 Å². The predicted octanol–water partition coefficient (Wildman–Crippen LogP) is 1.76. The Morgan fingerprint density at radius 3 is 1.71 bits per heavy atom.